The summed E-state index contributed by atoms with van der Waals surface area (Å²) in [6.07, 6.45) is 0.830. The molecule has 1 N–H and O–H groups in total. The fourth-order valence-electron chi connectivity index (χ4n) is 2.18. The van der Waals surface area contributed by atoms with Gasteiger partial charge in [-0.3, -0.25) is 0 Å². The molecular weight excluding hydrogens is 126 g/mol. The second kappa shape index (κ2) is 2.06. The van der Waals surface area contributed by atoms with E-state index in [4.69, 9.17) is 0 Å². The summed E-state index contributed by atoms with van der Waals surface area (Å²) >= 11 is 0. The molecule has 2 fully saturated rings. The van der Waals surface area contributed by atoms with Gasteiger partial charge in [-0.15, -0.1) is 0 Å². The quantitative estimate of drug-likeness (QED) is 0.601. The third-order valence-electron chi connectivity index (χ3n) is 2.79. The summed E-state index contributed by atoms with van der Waals surface area (Å²) in [6.45, 7) is 4.01. The van der Waals surface area contributed by atoms with Crippen molar-refractivity contribution in [2.24, 2.45) is 17.8 Å². The van der Waals surface area contributed by atoms with Crippen LogP contribution < -0.4 is 5.32 Å². The Bertz CT molecular complexity index is 157. The van der Waals surface area contributed by atoms with Crippen LogP contribution in [0.25, 0.3) is 0 Å². The van der Waals surface area contributed by atoms with E-state index in [9.17, 15) is 4.79 Å². The van der Waals surface area contributed by atoms with E-state index in [2.05, 4.69) is 5.32 Å². The average Bonchev–Trinajstić information content (AvgIpc) is 2.40. The molecule has 1 unspecified atom stereocenters. The van der Waals surface area contributed by atoms with Crippen molar-refractivity contribution in [3.8, 4) is 0 Å². The van der Waals surface area contributed by atoms with E-state index in [0.717, 1.165) is 37.3 Å². The molecule has 0 amide bonds. The van der Waals surface area contributed by atoms with Crippen LogP contribution in [0.3, 0.4) is 0 Å². The van der Waals surface area contributed by atoms with Gasteiger partial charge in [0.2, 0.25) is 0 Å². The summed E-state index contributed by atoms with van der Waals surface area (Å²) in [6, 6.07) is 0. The maximum absolute atomic E-state index is 10.7. The molecule has 0 aromatic rings. The Labute approximate surface area is 61.0 Å². The number of hydrogen-bond acceptors (Lipinski definition) is 2. The van der Waals surface area contributed by atoms with Gasteiger partial charge in [0, 0.05) is 6.42 Å². The molecule has 0 aromatic carbocycles. The van der Waals surface area contributed by atoms with Crippen molar-refractivity contribution in [1.82, 2.24) is 5.32 Å². The molecular formula is C8H13NO. The number of piperidine rings is 1. The summed E-state index contributed by atoms with van der Waals surface area (Å²) in [5.74, 6) is 2.81. The van der Waals surface area contributed by atoms with Crippen molar-refractivity contribution < 1.29 is 4.79 Å². The molecule has 1 saturated carbocycles. The van der Waals surface area contributed by atoms with E-state index in [0.29, 0.717) is 5.78 Å². The molecule has 0 radical (unpaired) electrons. The number of Topliss-reactive ketones (excluding diaryl/α,β-unsaturated/α-hetero) is 1. The third-order valence-corrected chi connectivity index (χ3v) is 2.79. The minimum atomic E-state index is 0.361. The van der Waals surface area contributed by atoms with Crippen molar-refractivity contribution in [1.29, 1.82) is 0 Å². The van der Waals surface area contributed by atoms with Crippen LogP contribution in [-0.2, 0) is 4.79 Å². The number of ketones is 1. The van der Waals surface area contributed by atoms with Crippen molar-refractivity contribution >= 4 is 5.78 Å². The molecule has 56 valence electrons. The molecule has 2 heteroatoms. The van der Waals surface area contributed by atoms with Crippen LogP contribution in [0.2, 0.25) is 0 Å². The molecule has 2 aliphatic rings. The van der Waals surface area contributed by atoms with Gasteiger partial charge < -0.3 is 10.1 Å². The number of nitrogens with one attached hydrogen (secondary N) is 1. The predicted molar refractivity (Wildman–Crippen MR) is 38.6 cm³/mol. The Morgan fingerprint density at radius 1 is 1.50 bits per heavy atom. The van der Waals surface area contributed by atoms with Crippen LogP contribution >= 0.6 is 0 Å². The van der Waals surface area contributed by atoms with Gasteiger partial charge in [0.25, 0.3) is 0 Å². The first-order chi connectivity index (χ1) is 4.79. The lowest BCUT2D eigenvalue weighted by Gasteiger charge is -1.99. The number of carbonyl (C=O) groups is 1. The fraction of sp³-hybridized carbons (Fsp3) is 0.875. The van der Waals surface area contributed by atoms with Gasteiger partial charge in [-0.05, 0) is 37.8 Å². The van der Waals surface area contributed by atoms with Gasteiger partial charge in [0.05, 0.1) is 0 Å². The molecule has 1 heterocycles. The zero-order chi connectivity index (χ0) is 7.14. The average molecular weight is 139 g/mol. The largest absolute Gasteiger partial charge is 0.316 e. The Balaban J connectivity index is 1.84. The molecule has 1 aliphatic carbocycles. The predicted octanol–water partition coefficient (Wildman–Crippen LogP) is 0.431. The molecule has 10 heavy (non-hydrogen) atoms. The highest BCUT2D eigenvalue weighted by atomic mass is 16.1. The molecule has 0 bridgehead atoms. The van der Waals surface area contributed by atoms with Crippen LogP contribution in [0.4, 0.5) is 0 Å². The molecule has 0 aromatic heterocycles. The van der Waals surface area contributed by atoms with Crippen molar-refractivity contribution in [2.45, 2.75) is 13.3 Å². The van der Waals surface area contributed by atoms with Gasteiger partial charge >= 0.3 is 0 Å². The second-order valence-corrected chi connectivity index (χ2v) is 3.56. The summed E-state index contributed by atoms with van der Waals surface area (Å²) in [7, 11) is 0. The zero-order valence-corrected chi connectivity index (χ0v) is 6.26. The van der Waals surface area contributed by atoms with E-state index < -0.39 is 0 Å². The molecule has 2 nitrogen and oxygen atoms in total. The minimum Gasteiger partial charge on any atom is -0.316 e. The van der Waals surface area contributed by atoms with E-state index in [1.54, 1.807) is 6.92 Å². The molecule has 3 atom stereocenters. The highest BCUT2D eigenvalue weighted by Crippen LogP contribution is 2.50. The Kier molecular flexibility index (Phi) is 1.31. The lowest BCUT2D eigenvalue weighted by atomic mass is 10.1. The van der Waals surface area contributed by atoms with E-state index >= 15 is 0 Å². The van der Waals surface area contributed by atoms with E-state index in [-0.39, 0.29) is 0 Å². The maximum atomic E-state index is 10.7. The topological polar surface area (TPSA) is 29.1 Å². The van der Waals surface area contributed by atoms with Gasteiger partial charge in [0.15, 0.2) is 0 Å². The Hall–Kier alpha value is -0.370. The van der Waals surface area contributed by atoms with Crippen LogP contribution in [0, 0.1) is 17.8 Å². The third kappa shape index (κ3) is 0.870. The SMILES string of the molecule is CC(=O)CC1[C@H]2CNC[C@@H]12. The Morgan fingerprint density at radius 2 is 2.10 bits per heavy atom. The molecule has 1 aliphatic heterocycles. The zero-order valence-electron chi connectivity index (χ0n) is 6.26. The van der Waals surface area contributed by atoms with E-state index in [1.165, 1.54) is 0 Å². The summed E-state index contributed by atoms with van der Waals surface area (Å²) in [4.78, 5) is 10.7. The number of rotatable bonds is 2. The van der Waals surface area contributed by atoms with Crippen molar-refractivity contribution in [3.63, 3.8) is 0 Å². The lowest BCUT2D eigenvalue weighted by Crippen LogP contribution is -2.15. The normalized spacial score (nSPS) is 43.1. The van der Waals surface area contributed by atoms with Crippen LogP contribution in [0.1, 0.15) is 13.3 Å². The maximum Gasteiger partial charge on any atom is 0.130 e. The van der Waals surface area contributed by atoms with Gasteiger partial charge in [-0.2, -0.15) is 0 Å². The lowest BCUT2D eigenvalue weighted by molar-refractivity contribution is -0.117. The van der Waals surface area contributed by atoms with Crippen LogP contribution in [-0.4, -0.2) is 18.9 Å². The van der Waals surface area contributed by atoms with Crippen molar-refractivity contribution in [3.05, 3.63) is 0 Å². The van der Waals surface area contributed by atoms with Crippen molar-refractivity contribution in [2.75, 3.05) is 13.1 Å². The van der Waals surface area contributed by atoms with Gasteiger partial charge in [-0.1, -0.05) is 0 Å². The molecule has 2 rings (SSSR count). The first-order valence-corrected chi connectivity index (χ1v) is 3.99. The van der Waals surface area contributed by atoms with Gasteiger partial charge in [-0.25, -0.2) is 0 Å². The number of carbonyl (C=O) groups excluding carboxylic acids is 1. The summed E-state index contributed by atoms with van der Waals surface area (Å²) in [5.41, 5.74) is 0. The second-order valence-electron chi connectivity index (χ2n) is 3.56. The highest BCUT2D eigenvalue weighted by Gasteiger charge is 2.52. The standard InChI is InChI=1S/C8H13NO/c1-5(10)2-6-7-3-9-4-8(6)7/h6-9H,2-4H2,1H3/t6?,7-,8+. The molecule has 0 spiro atoms. The monoisotopic (exact) mass is 139 g/mol. The summed E-state index contributed by atoms with van der Waals surface area (Å²) < 4.78 is 0. The minimum absolute atomic E-state index is 0.361. The van der Waals surface area contributed by atoms with Crippen LogP contribution in [0.5, 0.6) is 0 Å². The summed E-state index contributed by atoms with van der Waals surface area (Å²) in [5, 5.41) is 3.31. The fourth-order valence-corrected chi connectivity index (χ4v) is 2.18. The first kappa shape index (κ1) is 6.35. The van der Waals surface area contributed by atoms with Gasteiger partial charge in [0.1, 0.15) is 5.78 Å². The number of fused-ring (bicyclic) bond motifs is 1. The number of hydrogen-bond donors (Lipinski definition) is 1. The molecule has 1 saturated heterocycles. The first-order valence-electron chi connectivity index (χ1n) is 3.99. The van der Waals surface area contributed by atoms with E-state index in [1.807, 2.05) is 0 Å². The van der Waals surface area contributed by atoms with Crippen LogP contribution in [0.15, 0.2) is 0 Å². The Morgan fingerprint density at radius 3 is 2.60 bits per heavy atom. The smallest absolute Gasteiger partial charge is 0.130 e. The highest BCUT2D eigenvalue weighted by molar-refractivity contribution is 5.76.